The van der Waals surface area contributed by atoms with Gasteiger partial charge in [-0.15, -0.1) is 0 Å². The molecule has 0 unspecified atom stereocenters. The molecular weight excluding hydrogens is 302 g/mol. The van der Waals surface area contributed by atoms with Crippen molar-refractivity contribution in [2.24, 2.45) is 0 Å². The lowest BCUT2D eigenvalue weighted by Gasteiger charge is -2.08. The summed E-state index contributed by atoms with van der Waals surface area (Å²) >= 11 is 0. The molecule has 0 aliphatic heterocycles. The number of aryl methyl sites for hydroxylation is 1. The van der Waals surface area contributed by atoms with Crippen molar-refractivity contribution in [2.75, 3.05) is 12.4 Å². The van der Waals surface area contributed by atoms with Gasteiger partial charge in [-0.25, -0.2) is 4.98 Å². The predicted octanol–water partition coefficient (Wildman–Crippen LogP) is 2.75. The van der Waals surface area contributed by atoms with Gasteiger partial charge in [0.1, 0.15) is 5.82 Å². The molecule has 122 valence electrons. The van der Waals surface area contributed by atoms with E-state index in [1.54, 1.807) is 7.05 Å². The topological polar surface area (TPSA) is 82.7 Å². The summed E-state index contributed by atoms with van der Waals surface area (Å²) in [5, 5.41) is 13.0. The first-order valence-electron chi connectivity index (χ1n) is 7.70. The average Bonchev–Trinajstić information content (AvgIpc) is 3.06. The fourth-order valence-electron chi connectivity index (χ4n) is 2.36. The molecule has 6 heteroatoms. The summed E-state index contributed by atoms with van der Waals surface area (Å²) in [6.07, 6.45) is 0. The number of carbonyl (C=O) groups excluding carboxylic acids is 1. The smallest absolute Gasteiger partial charge is 0.251 e. The maximum atomic E-state index is 11.5. The van der Waals surface area contributed by atoms with Gasteiger partial charge >= 0.3 is 0 Å². The fourth-order valence-corrected chi connectivity index (χ4v) is 2.36. The van der Waals surface area contributed by atoms with Gasteiger partial charge in [0, 0.05) is 30.4 Å². The van der Waals surface area contributed by atoms with Crippen LogP contribution in [0.25, 0.3) is 11.4 Å². The number of nitrogens with zero attached hydrogens (tertiary/aromatic N) is 2. The molecule has 3 rings (SSSR count). The van der Waals surface area contributed by atoms with Crippen molar-refractivity contribution in [3.63, 3.8) is 0 Å². The van der Waals surface area contributed by atoms with Gasteiger partial charge in [0.2, 0.25) is 0 Å². The van der Waals surface area contributed by atoms with Crippen molar-refractivity contribution in [2.45, 2.75) is 13.5 Å². The first-order valence-corrected chi connectivity index (χ1v) is 7.70. The van der Waals surface area contributed by atoms with Gasteiger partial charge < -0.3 is 10.6 Å². The normalized spacial score (nSPS) is 10.4. The van der Waals surface area contributed by atoms with E-state index in [0.29, 0.717) is 17.9 Å². The largest absolute Gasteiger partial charge is 0.381 e. The molecule has 24 heavy (non-hydrogen) atoms. The van der Waals surface area contributed by atoms with Gasteiger partial charge in [0.05, 0.1) is 0 Å². The van der Waals surface area contributed by atoms with E-state index in [0.717, 1.165) is 22.6 Å². The minimum atomic E-state index is -0.0796. The molecule has 0 aliphatic rings. The van der Waals surface area contributed by atoms with E-state index in [9.17, 15) is 4.79 Å². The number of rotatable bonds is 5. The van der Waals surface area contributed by atoms with E-state index >= 15 is 0 Å². The van der Waals surface area contributed by atoms with Crippen LogP contribution in [0.2, 0.25) is 0 Å². The van der Waals surface area contributed by atoms with Crippen LogP contribution < -0.4 is 10.6 Å². The summed E-state index contributed by atoms with van der Waals surface area (Å²) in [6, 6.07) is 15.5. The first-order chi connectivity index (χ1) is 11.7. The van der Waals surface area contributed by atoms with Crippen LogP contribution in [0.3, 0.4) is 0 Å². The second-order valence-electron chi connectivity index (χ2n) is 5.45. The number of hydrogen-bond donors (Lipinski definition) is 3. The van der Waals surface area contributed by atoms with Crippen LogP contribution in [0.4, 0.5) is 5.69 Å². The summed E-state index contributed by atoms with van der Waals surface area (Å²) < 4.78 is 0. The van der Waals surface area contributed by atoms with Crippen molar-refractivity contribution in [1.29, 1.82) is 0 Å². The van der Waals surface area contributed by atoms with E-state index in [-0.39, 0.29) is 5.91 Å². The minimum absolute atomic E-state index is 0.0796. The van der Waals surface area contributed by atoms with E-state index in [2.05, 4.69) is 25.8 Å². The van der Waals surface area contributed by atoms with Gasteiger partial charge in [0.15, 0.2) is 5.82 Å². The van der Waals surface area contributed by atoms with E-state index in [1.807, 2.05) is 55.5 Å². The van der Waals surface area contributed by atoms with Gasteiger partial charge in [0.25, 0.3) is 5.91 Å². The lowest BCUT2D eigenvalue weighted by molar-refractivity contribution is 0.0963. The number of nitrogens with one attached hydrogen (secondary N) is 3. The summed E-state index contributed by atoms with van der Waals surface area (Å²) in [7, 11) is 1.63. The molecule has 0 spiro atoms. The van der Waals surface area contributed by atoms with Crippen molar-refractivity contribution >= 4 is 11.6 Å². The van der Waals surface area contributed by atoms with Crippen LogP contribution in [0, 0.1) is 6.92 Å². The molecular formula is C18H19N5O. The number of aromatic amines is 1. The highest BCUT2D eigenvalue weighted by Crippen LogP contribution is 2.19. The number of anilines is 1. The minimum Gasteiger partial charge on any atom is -0.381 e. The number of benzene rings is 2. The zero-order valence-corrected chi connectivity index (χ0v) is 13.6. The van der Waals surface area contributed by atoms with E-state index in [1.165, 1.54) is 0 Å². The van der Waals surface area contributed by atoms with Crippen LogP contribution in [0.15, 0.2) is 48.5 Å². The molecule has 0 aliphatic carbocycles. The highest BCUT2D eigenvalue weighted by atomic mass is 16.1. The maximum Gasteiger partial charge on any atom is 0.251 e. The summed E-state index contributed by atoms with van der Waals surface area (Å²) in [4.78, 5) is 15.9. The SMILES string of the molecule is CNC(=O)c1ccc(CNc2cccc(-c3n[nH]c(C)n3)c2)cc1. The number of H-pyrrole nitrogens is 1. The van der Waals surface area contributed by atoms with Crippen molar-refractivity contribution in [3.8, 4) is 11.4 Å². The Bertz CT molecular complexity index is 839. The lowest BCUT2D eigenvalue weighted by Crippen LogP contribution is -2.17. The molecule has 0 bridgehead atoms. The molecule has 0 fully saturated rings. The number of hydrogen-bond acceptors (Lipinski definition) is 4. The fraction of sp³-hybridized carbons (Fsp3) is 0.167. The van der Waals surface area contributed by atoms with E-state index in [4.69, 9.17) is 0 Å². The Labute approximate surface area is 140 Å². The van der Waals surface area contributed by atoms with Crippen molar-refractivity contribution < 1.29 is 4.79 Å². The first kappa shape index (κ1) is 15.7. The average molecular weight is 321 g/mol. The molecule has 1 aromatic heterocycles. The van der Waals surface area contributed by atoms with Crippen LogP contribution >= 0.6 is 0 Å². The molecule has 0 saturated carbocycles. The summed E-state index contributed by atoms with van der Waals surface area (Å²) in [5.41, 5.74) is 3.70. The third-order valence-electron chi connectivity index (χ3n) is 3.66. The third-order valence-corrected chi connectivity index (χ3v) is 3.66. The van der Waals surface area contributed by atoms with Crippen LogP contribution in [0.1, 0.15) is 21.7 Å². The van der Waals surface area contributed by atoms with Gasteiger partial charge in [-0.3, -0.25) is 9.89 Å². The molecule has 2 aromatic carbocycles. The standard InChI is InChI=1S/C18H19N5O/c1-12-21-17(23-22-12)15-4-3-5-16(10-15)20-11-13-6-8-14(9-7-13)18(24)19-2/h3-10,20H,11H2,1-2H3,(H,19,24)(H,21,22,23). The summed E-state index contributed by atoms with van der Waals surface area (Å²) in [5.74, 6) is 1.40. The Hall–Kier alpha value is -3.15. The Morgan fingerprint density at radius 2 is 1.96 bits per heavy atom. The van der Waals surface area contributed by atoms with Crippen LogP contribution in [0.5, 0.6) is 0 Å². The highest BCUT2D eigenvalue weighted by Gasteiger charge is 2.05. The third kappa shape index (κ3) is 3.60. The van der Waals surface area contributed by atoms with Crippen LogP contribution in [-0.2, 0) is 6.54 Å². The number of carbonyl (C=O) groups is 1. The number of amides is 1. The van der Waals surface area contributed by atoms with Gasteiger partial charge in [-0.2, -0.15) is 5.10 Å². The molecule has 3 aromatic rings. The van der Waals surface area contributed by atoms with Gasteiger partial charge in [-0.1, -0.05) is 24.3 Å². The Morgan fingerprint density at radius 1 is 1.17 bits per heavy atom. The lowest BCUT2D eigenvalue weighted by atomic mass is 10.1. The number of aromatic nitrogens is 3. The molecule has 1 heterocycles. The second kappa shape index (κ2) is 6.95. The summed E-state index contributed by atoms with van der Waals surface area (Å²) in [6.45, 7) is 2.55. The second-order valence-corrected chi connectivity index (χ2v) is 5.45. The Balaban J connectivity index is 1.67. The zero-order chi connectivity index (χ0) is 16.9. The maximum absolute atomic E-state index is 11.5. The molecule has 1 amide bonds. The van der Waals surface area contributed by atoms with Gasteiger partial charge in [-0.05, 0) is 36.8 Å². The molecule has 0 saturated heterocycles. The zero-order valence-electron chi connectivity index (χ0n) is 13.6. The van der Waals surface area contributed by atoms with Crippen molar-refractivity contribution in [3.05, 3.63) is 65.5 Å². The molecule has 6 nitrogen and oxygen atoms in total. The molecule has 0 radical (unpaired) electrons. The molecule has 0 atom stereocenters. The predicted molar refractivity (Wildman–Crippen MR) is 93.7 cm³/mol. The Morgan fingerprint density at radius 3 is 2.62 bits per heavy atom. The quantitative estimate of drug-likeness (QED) is 0.675. The molecule has 3 N–H and O–H groups in total. The Kier molecular flexibility index (Phi) is 4.56. The van der Waals surface area contributed by atoms with Crippen molar-refractivity contribution in [1.82, 2.24) is 20.5 Å². The van der Waals surface area contributed by atoms with E-state index < -0.39 is 0 Å². The monoisotopic (exact) mass is 321 g/mol. The van der Waals surface area contributed by atoms with Crippen LogP contribution in [-0.4, -0.2) is 28.1 Å². The highest BCUT2D eigenvalue weighted by molar-refractivity contribution is 5.93.